The molecule has 0 aliphatic rings. The largest absolute Gasteiger partial charge is 0.323 e. The molecule has 2 N–H and O–H groups in total. The molecular formula is C11H13FN2. The molecule has 0 bridgehead atoms. The Morgan fingerprint density at radius 1 is 1.57 bits per heavy atom. The zero-order valence-corrected chi connectivity index (χ0v) is 8.13. The first-order chi connectivity index (χ1) is 6.69. The molecule has 74 valence electrons. The zero-order chi connectivity index (χ0) is 10.6. The van der Waals surface area contributed by atoms with Crippen molar-refractivity contribution < 1.29 is 4.39 Å². The second-order valence-electron chi connectivity index (χ2n) is 3.17. The molecule has 0 aliphatic carbocycles. The summed E-state index contributed by atoms with van der Waals surface area (Å²) < 4.78 is 12.9. The molecule has 3 heteroatoms. The van der Waals surface area contributed by atoms with Crippen LogP contribution in [0.2, 0.25) is 0 Å². The molecule has 0 fully saturated rings. The quantitative estimate of drug-likeness (QED) is 0.798. The molecule has 0 spiro atoms. The summed E-state index contributed by atoms with van der Waals surface area (Å²) in [4.78, 5) is 0. The van der Waals surface area contributed by atoms with Crippen LogP contribution in [0.15, 0.2) is 18.2 Å². The maximum absolute atomic E-state index is 12.9. The fraction of sp³-hybridized carbons (Fsp3) is 0.364. The molecule has 0 unspecified atom stereocenters. The third kappa shape index (κ3) is 2.30. The summed E-state index contributed by atoms with van der Waals surface area (Å²) in [5.41, 5.74) is 7.54. The van der Waals surface area contributed by atoms with E-state index in [9.17, 15) is 4.39 Å². The van der Waals surface area contributed by atoms with Crippen molar-refractivity contribution >= 4 is 0 Å². The van der Waals surface area contributed by atoms with Crippen LogP contribution in [0.5, 0.6) is 0 Å². The van der Waals surface area contributed by atoms with Crippen molar-refractivity contribution in [2.24, 2.45) is 5.73 Å². The minimum atomic E-state index is -0.310. The van der Waals surface area contributed by atoms with Gasteiger partial charge in [0.2, 0.25) is 0 Å². The van der Waals surface area contributed by atoms with Gasteiger partial charge < -0.3 is 5.73 Å². The van der Waals surface area contributed by atoms with E-state index in [1.54, 1.807) is 6.07 Å². The van der Waals surface area contributed by atoms with Crippen LogP contribution in [0.4, 0.5) is 4.39 Å². The SMILES string of the molecule is CCc1cc(F)ccc1[C@@H](N)CC#N. The van der Waals surface area contributed by atoms with Gasteiger partial charge in [-0.25, -0.2) is 4.39 Å². The van der Waals surface area contributed by atoms with Crippen molar-refractivity contribution in [1.29, 1.82) is 5.26 Å². The third-order valence-electron chi connectivity index (χ3n) is 2.20. The van der Waals surface area contributed by atoms with Crippen molar-refractivity contribution in [2.75, 3.05) is 0 Å². The van der Waals surface area contributed by atoms with E-state index in [4.69, 9.17) is 11.0 Å². The van der Waals surface area contributed by atoms with Crippen LogP contribution in [0.3, 0.4) is 0 Å². The average molecular weight is 192 g/mol. The van der Waals surface area contributed by atoms with Crippen LogP contribution >= 0.6 is 0 Å². The first-order valence-electron chi connectivity index (χ1n) is 4.60. The Bertz CT molecular complexity index is 355. The standard InChI is InChI=1S/C11H13FN2/c1-2-8-7-9(12)3-4-10(8)11(14)5-6-13/h3-4,7,11H,2,5,14H2,1H3/t11-/m0/s1. The monoisotopic (exact) mass is 192 g/mol. The summed E-state index contributed by atoms with van der Waals surface area (Å²) in [6.45, 7) is 1.94. The first kappa shape index (κ1) is 10.7. The van der Waals surface area contributed by atoms with Crippen molar-refractivity contribution in [2.45, 2.75) is 25.8 Å². The van der Waals surface area contributed by atoms with E-state index < -0.39 is 0 Å². The van der Waals surface area contributed by atoms with Gasteiger partial charge in [0.05, 0.1) is 12.5 Å². The van der Waals surface area contributed by atoms with Crippen molar-refractivity contribution in [3.05, 3.63) is 35.1 Å². The number of aryl methyl sites for hydroxylation is 1. The van der Waals surface area contributed by atoms with Crippen LogP contribution in [0.1, 0.15) is 30.5 Å². The van der Waals surface area contributed by atoms with Gasteiger partial charge >= 0.3 is 0 Å². The van der Waals surface area contributed by atoms with Gasteiger partial charge in [0.1, 0.15) is 5.82 Å². The molecule has 0 saturated heterocycles. The lowest BCUT2D eigenvalue weighted by Crippen LogP contribution is -2.11. The van der Waals surface area contributed by atoms with Gasteiger partial charge in [-0.3, -0.25) is 0 Å². The summed E-state index contributed by atoms with van der Waals surface area (Å²) >= 11 is 0. The molecule has 0 heterocycles. The Morgan fingerprint density at radius 2 is 2.29 bits per heavy atom. The minimum absolute atomic E-state index is 0.255. The fourth-order valence-electron chi connectivity index (χ4n) is 1.45. The maximum atomic E-state index is 12.9. The van der Waals surface area contributed by atoms with Gasteiger partial charge in [0, 0.05) is 6.04 Å². The summed E-state index contributed by atoms with van der Waals surface area (Å²) in [6.07, 6.45) is 0.991. The lowest BCUT2D eigenvalue weighted by atomic mass is 9.97. The van der Waals surface area contributed by atoms with E-state index in [1.807, 2.05) is 13.0 Å². The van der Waals surface area contributed by atoms with Crippen LogP contribution in [-0.2, 0) is 6.42 Å². The molecule has 14 heavy (non-hydrogen) atoms. The molecule has 1 rings (SSSR count). The number of hydrogen-bond acceptors (Lipinski definition) is 2. The van der Waals surface area contributed by atoms with Crippen LogP contribution in [0, 0.1) is 17.1 Å². The summed E-state index contributed by atoms with van der Waals surface area (Å²) in [5, 5.41) is 8.51. The maximum Gasteiger partial charge on any atom is 0.123 e. The Kier molecular flexibility index (Phi) is 3.61. The highest BCUT2D eigenvalue weighted by Crippen LogP contribution is 2.20. The second-order valence-corrected chi connectivity index (χ2v) is 3.17. The second kappa shape index (κ2) is 4.73. The Labute approximate surface area is 83.2 Å². The number of benzene rings is 1. The molecule has 0 amide bonds. The van der Waals surface area contributed by atoms with E-state index in [-0.39, 0.29) is 18.3 Å². The topological polar surface area (TPSA) is 49.8 Å². The Hall–Kier alpha value is -1.40. The third-order valence-corrected chi connectivity index (χ3v) is 2.20. The van der Waals surface area contributed by atoms with E-state index >= 15 is 0 Å². The molecule has 0 saturated carbocycles. The van der Waals surface area contributed by atoms with Gasteiger partial charge in [-0.2, -0.15) is 5.26 Å². The number of rotatable bonds is 3. The predicted molar refractivity (Wildman–Crippen MR) is 52.9 cm³/mol. The molecular weight excluding hydrogens is 179 g/mol. The van der Waals surface area contributed by atoms with Crippen molar-refractivity contribution in [3.63, 3.8) is 0 Å². The average Bonchev–Trinajstić information content (AvgIpc) is 2.17. The van der Waals surface area contributed by atoms with Gasteiger partial charge in [-0.05, 0) is 29.7 Å². The Morgan fingerprint density at radius 3 is 2.86 bits per heavy atom. The highest BCUT2D eigenvalue weighted by molar-refractivity contribution is 5.31. The molecule has 1 atom stereocenters. The van der Waals surface area contributed by atoms with Crippen LogP contribution in [0.25, 0.3) is 0 Å². The predicted octanol–water partition coefficient (Wildman–Crippen LogP) is 2.30. The van der Waals surface area contributed by atoms with Gasteiger partial charge in [-0.15, -0.1) is 0 Å². The fourth-order valence-corrected chi connectivity index (χ4v) is 1.45. The highest BCUT2D eigenvalue weighted by Gasteiger charge is 2.10. The van der Waals surface area contributed by atoms with Crippen LogP contribution in [-0.4, -0.2) is 0 Å². The normalized spacial score (nSPS) is 12.1. The van der Waals surface area contributed by atoms with Gasteiger partial charge in [0.15, 0.2) is 0 Å². The van der Waals surface area contributed by atoms with Crippen molar-refractivity contribution in [1.82, 2.24) is 0 Å². The smallest absolute Gasteiger partial charge is 0.123 e. The number of halogens is 1. The van der Waals surface area contributed by atoms with Gasteiger partial charge in [0.25, 0.3) is 0 Å². The summed E-state index contributed by atoms with van der Waals surface area (Å²) in [6, 6.07) is 6.23. The Balaban J connectivity index is 3.02. The number of nitriles is 1. The molecule has 2 nitrogen and oxygen atoms in total. The number of nitrogens with two attached hydrogens (primary N) is 1. The van der Waals surface area contributed by atoms with E-state index in [0.29, 0.717) is 0 Å². The number of nitrogens with zero attached hydrogens (tertiary/aromatic N) is 1. The van der Waals surface area contributed by atoms with Gasteiger partial charge in [-0.1, -0.05) is 13.0 Å². The van der Waals surface area contributed by atoms with E-state index in [0.717, 1.165) is 17.5 Å². The van der Waals surface area contributed by atoms with E-state index in [2.05, 4.69) is 0 Å². The number of hydrogen-bond donors (Lipinski definition) is 1. The van der Waals surface area contributed by atoms with Crippen LogP contribution < -0.4 is 5.73 Å². The molecule has 0 radical (unpaired) electrons. The highest BCUT2D eigenvalue weighted by atomic mass is 19.1. The molecule has 0 aliphatic heterocycles. The first-order valence-corrected chi connectivity index (χ1v) is 4.60. The lowest BCUT2D eigenvalue weighted by Gasteiger charge is -2.12. The minimum Gasteiger partial charge on any atom is -0.323 e. The summed E-state index contributed by atoms with van der Waals surface area (Å²) in [7, 11) is 0. The zero-order valence-electron chi connectivity index (χ0n) is 8.13. The summed E-state index contributed by atoms with van der Waals surface area (Å²) in [5.74, 6) is -0.255. The molecule has 0 aromatic heterocycles. The lowest BCUT2D eigenvalue weighted by molar-refractivity contribution is 0.621. The van der Waals surface area contributed by atoms with E-state index in [1.165, 1.54) is 12.1 Å². The molecule has 1 aromatic carbocycles. The molecule has 1 aromatic rings. The van der Waals surface area contributed by atoms with Crippen molar-refractivity contribution in [3.8, 4) is 6.07 Å².